The van der Waals surface area contributed by atoms with E-state index in [9.17, 15) is 0 Å². The van der Waals surface area contributed by atoms with Crippen molar-refractivity contribution in [3.63, 3.8) is 0 Å². The van der Waals surface area contributed by atoms with Gasteiger partial charge in [-0.1, -0.05) is 18.2 Å². The van der Waals surface area contributed by atoms with Gasteiger partial charge in [0.2, 0.25) is 6.29 Å². The predicted molar refractivity (Wildman–Crippen MR) is 62.7 cm³/mol. The minimum absolute atomic E-state index is 0.0432. The molecule has 0 aromatic rings. The molecule has 16 heavy (non-hydrogen) atoms. The minimum atomic E-state index is -0.201. The highest BCUT2D eigenvalue weighted by Crippen LogP contribution is 2.45. The largest absolute Gasteiger partial charge is 0.469 e. The maximum atomic E-state index is 6.20. The Balaban J connectivity index is 1.76. The third-order valence-corrected chi connectivity index (χ3v) is 3.90. The zero-order chi connectivity index (χ0) is 10.8. The van der Waals surface area contributed by atoms with Gasteiger partial charge in [0, 0.05) is 0 Å². The van der Waals surface area contributed by atoms with Crippen LogP contribution in [0.2, 0.25) is 0 Å². The molecule has 86 valence electrons. The summed E-state index contributed by atoms with van der Waals surface area (Å²) < 4.78 is 11.7. The van der Waals surface area contributed by atoms with E-state index >= 15 is 0 Å². The van der Waals surface area contributed by atoms with E-state index in [2.05, 4.69) is 12.2 Å². The van der Waals surface area contributed by atoms with Crippen LogP contribution < -0.4 is 0 Å². The number of allylic oxidation sites excluding steroid dienone is 3. The molecule has 2 nitrogen and oxygen atoms in total. The molecule has 0 amide bonds. The Labute approximate surface area is 96.6 Å². The fourth-order valence-corrected chi connectivity index (χ4v) is 3.11. The molecule has 0 aromatic carbocycles. The monoisotopic (exact) mass is 218 g/mol. The van der Waals surface area contributed by atoms with E-state index in [1.165, 1.54) is 25.7 Å². The molecule has 0 spiro atoms. The van der Waals surface area contributed by atoms with E-state index in [-0.39, 0.29) is 11.9 Å². The average Bonchev–Trinajstić information content (AvgIpc) is 2.73. The highest BCUT2D eigenvalue weighted by atomic mass is 16.7. The van der Waals surface area contributed by atoms with Crippen molar-refractivity contribution in [3.8, 4) is 0 Å². The zero-order valence-electron chi connectivity index (χ0n) is 9.47. The Morgan fingerprint density at radius 3 is 3.12 bits per heavy atom. The summed E-state index contributed by atoms with van der Waals surface area (Å²) in [6, 6.07) is 0. The first kappa shape index (κ1) is 10.2. The topological polar surface area (TPSA) is 18.5 Å². The molecule has 2 aliphatic carbocycles. The van der Waals surface area contributed by atoms with Crippen LogP contribution in [-0.2, 0) is 9.47 Å². The highest BCUT2D eigenvalue weighted by molar-refractivity contribution is 5.14. The van der Waals surface area contributed by atoms with Gasteiger partial charge in [0.15, 0.2) is 0 Å². The van der Waals surface area contributed by atoms with Gasteiger partial charge in [-0.05, 0) is 50.2 Å². The standard InChI is InChI=1S/C14H18O2/c1-3-9-14(10-5-7-12(14)6-1)16-13-8-2-4-11-15-13/h2-4,8-9,11-13H,1,5-7,10H2. The van der Waals surface area contributed by atoms with Crippen molar-refractivity contribution in [1.82, 2.24) is 0 Å². The molecular formula is C14H18O2. The first-order valence-corrected chi connectivity index (χ1v) is 6.23. The summed E-state index contributed by atoms with van der Waals surface area (Å²) in [5.41, 5.74) is -0.0432. The molecule has 3 unspecified atom stereocenters. The molecule has 1 aliphatic heterocycles. The van der Waals surface area contributed by atoms with Crippen LogP contribution in [0.15, 0.2) is 36.6 Å². The highest BCUT2D eigenvalue weighted by Gasteiger charge is 2.44. The summed E-state index contributed by atoms with van der Waals surface area (Å²) in [7, 11) is 0. The number of ether oxygens (including phenoxy) is 2. The van der Waals surface area contributed by atoms with Crippen LogP contribution >= 0.6 is 0 Å². The maximum Gasteiger partial charge on any atom is 0.219 e. The lowest BCUT2D eigenvalue weighted by atomic mass is 9.82. The van der Waals surface area contributed by atoms with E-state index in [4.69, 9.17) is 9.47 Å². The fourth-order valence-electron chi connectivity index (χ4n) is 3.11. The quantitative estimate of drug-likeness (QED) is 0.662. The van der Waals surface area contributed by atoms with Crippen LogP contribution in [0.25, 0.3) is 0 Å². The van der Waals surface area contributed by atoms with E-state index in [1.807, 2.05) is 18.2 Å². The van der Waals surface area contributed by atoms with Gasteiger partial charge in [0.25, 0.3) is 0 Å². The second kappa shape index (κ2) is 4.10. The Kier molecular flexibility index (Phi) is 2.60. The third kappa shape index (κ3) is 1.71. The molecule has 1 fully saturated rings. The lowest BCUT2D eigenvalue weighted by Crippen LogP contribution is -2.40. The molecule has 3 rings (SSSR count). The summed E-state index contributed by atoms with van der Waals surface area (Å²) in [5.74, 6) is 0.695. The number of rotatable bonds is 2. The smallest absolute Gasteiger partial charge is 0.219 e. The Morgan fingerprint density at radius 1 is 1.25 bits per heavy atom. The number of hydrogen-bond donors (Lipinski definition) is 0. The summed E-state index contributed by atoms with van der Waals surface area (Å²) in [4.78, 5) is 0. The van der Waals surface area contributed by atoms with Gasteiger partial charge in [-0.25, -0.2) is 0 Å². The second-order valence-electron chi connectivity index (χ2n) is 4.86. The predicted octanol–water partition coefficient (Wildman–Crippen LogP) is 3.32. The van der Waals surface area contributed by atoms with Crippen LogP contribution in [0.3, 0.4) is 0 Å². The maximum absolute atomic E-state index is 6.20. The molecule has 2 heteroatoms. The molecule has 3 atom stereocenters. The van der Waals surface area contributed by atoms with Crippen LogP contribution in [0.4, 0.5) is 0 Å². The molecule has 0 saturated heterocycles. The molecule has 0 aromatic heterocycles. The van der Waals surface area contributed by atoms with Gasteiger partial charge in [-0.15, -0.1) is 0 Å². The number of fused-ring (bicyclic) bond motifs is 1. The normalized spacial score (nSPS) is 40.8. The van der Waals surface area contributed by atoms with Crippen molar-refractivity contribution in [2.75, 3.05) is 0 Å². The van der Waals surface area contributed by atoms with Crippen molar-refractivity contribution in [2.24, 2.45) is 5.92 Å². The van der Waals surface area contributed by atoms with Crippen molar-refractivity contribution < 1.29 is 9.47 Å². The van der Waals surface area contributed by atoms with Crippen molar-refractivity contribution in [1.29, 1.82) is 0 Å². The third-order valence-electron chi connectivity index (χ3n) is 3.90. The van der Waals surface area contributed by atoms with E-state index in [0.29, 0.717) is 5.92 Å². The van der Waals surface area contributed by atoms with E-state index in [1.54, 1.807) is 6.26 Å². The summed E-state index contributed by atoms with van der Waals surface area (Å²) in [5, 5.41) is 0. The molecular weight excluding hydrogens is 200 g/mol. The fraction of sp³-hybridized carbons (Fsp3) is 0.571. The number of hydrogen-bond acceptors (Lipinski definition) is 2. The van der Waals surface area contributed by atoms with Gasteiger partial charge < -0.3 is 9.47 Å². The van der Waals surface area contributed by atoms with Gasteiger partial charge in [-0.3, -0.25) is 0 Å². The van der Waals surface area contributed by atoms with E-state index < -0.39 is 0 Å². The van der Waals surface area contributed by atoms with Gasteiger partial charge >= 0.3 is 0 Å². The first-order valence-electron chi connectivity index (χ1n) is 6.23. The second-order valence-corrected chi connectivity index (χ2v) is 4.86. The van der Waals surface area contributed by atoms with Crippen LogP contribution in [0, 0.1) is 5.92 Å². The first-order chi connectivity index (χ1) is 7.89. The molecule has 3 aliphatic rings. The van der Waals surface area contributed by atoms with Crippen LogP contribution in [-0.4, -0.2) is 11.9 Å². The SMILES string of the molecule is C1=COC(OC23C=CCCC2CCC3)C=C1. The Morgan fingerprint density at radius 2 is 2.25 bits per heavy atom. The Hall–Kier alpha value is -1.02. The summed E-state index contributed by atoms with van der Waals surface area (Å²) in [6.07, 6.45) is 18.1. The van der Waals surface area contributed by atoms with Crippen LogP contribution in [0.1, 0.15) is 32.1 Å². The lowest BCUT2D eigenvalue weighted by Gasteiger charge is -2.37. The lowest BCUT2D eigenvalue weighted by molar-refractivity contribution is -0.161. The Bertz CT molecular complexity index is 343. The van der Waals surface area contributed by atoms with Crippen molar-refractivity contribution >= 4 is 0 Å². The van der Waals surface area contributed by atoms with Crippen molar-refractivity contribution in [2.45, 2.75) is 44.0 Å². The zero-order valence-corrected chi connectivity index (χ0v) is 9.47. The summed E-state index contributed by atoms with van der Waals surface area (Å²) in [6.45, 7) is 0. The molecule has 0 radical (unpaired) electrons. The molecule has 1 heterocycles. The average molecular weight is 218 g/mol. The molecule has 1 saturated carbocycles. The van der Waals surface area contributed by atoms with Gasteiger partial charge in [-0.2, -0.15) is 0 Å². The molecule has 0 N–H and O–H groups in total. The minimum Gasteiger partial charge on any atom is -0.469 e. The van der Waals surface area contributed by atoms with E-state index in [0.717, 1.165) is 6.42 Å². The van der Waals surface area contributed by atoms with Crippen LogP contribution in [0.5, 0.6) is 0 Å². The summed E-state index contributed by atoms with van der Waals surface area (Å²) >= 11 is 0. The van der Waals surface area contributed by atoms with Crippen molar-refractivity contribution in [3.05, 3.63) is 36.6 Å². The molecule has 0 bridgehead atoms. The van der Waals surface area contributed by atoms with Gasteiger partial charge in [0.1, 0.15) is 0 Å². The van der Waals surface area contributed by atoms with Gasteiger partial charge in [0.05, 0.1) is 11.9 Å².